The third-order valence-electron chi connectivity index (χ3n) is 4.83. The van der Waals surface area contributed by atoms with Crippen LogP contribution in [0.1, 0.15) is 22.8 Å². The Morgan fingerprint density at radius 2 is 2.30 bits per heavy atom. The van der Waals surface area contributed by atoms with E-state index in [1.165, 1.54) is 7.11 Å². The zero-order valence-corrected chi connectivity index (χ0v) is 15.5. The van der Waals surface area contributed by atoms with Gasteiger partial charge in [-0.3, -0.25) is 10.1 Å². The highest BCUT2D eigenvalue weighted by molar-refractivity contribution is 6.08. The van der Waals surface area contributed by atoms with Gasteiger partial charge >= 0.3 is 5.97 Å². The molecule has 3 aromatic rings. The van der Waals surface area contributed by atoms with Gasteiger partial charge in [0.2, 0.25) is 0 Å². The Balaban J connectivity index is 2.01. The van der Waals surface area contributed by atoms with Gasteiger partial charge in [-0.25, -0.2) is 9.78 Å². The number of pyridine rings is 2. The second-order valence-corrected chi connectivity index (χ2v) is 6.62. The van der Waals surface area contributed by atoms with E-state index in [9.17, 15) is 4.79 Å². The van der Waals surface area contributed by atoms with Crippen LogP contribution >= 0.6 is 0 Å². The monoisotopic (exact) mass is 367 g/mol. The topological polar surface area (TPSA) is 93.2 Å². The molecule has 4 rings (SSSR count). The molecule has 1 fully saturated rings. The number of rotatable bonds is 3. The molecule has 1 aliphatic rings. The summed E-state index contributed by atoms with van der Waals surface area (Å²) in [6, 6.07) is 3.79. The van der Waals surface area contributed by atoms with Crippen molar-refractivity contribution in [1.82, 2.24) is 20.2 Å². The molecule has 0 aliphatic carbocycles. The number of ether oxygens (including phenoxy) is 2. The van der Waals surface area contributed by atoms with Gasteiger partial charge in [-0.2, -0.15) is 5.10 Å². The number of hydrogen-bond donors (Lipinski definition) is 1. The summed E-state index contributed by atoms with van der Waals surface area (Å²) < 4.78 is 10.6. The number of hydrogen-bond acceptors (Lipinski definition) is 7. The molecule has 0 saturated carbocycles. The number of carbonyl (C=O) groups is 1. The van der Waals surface area contributed by atoms with E-state index < -0.39 is 5.97 Å². The molecule has 0 spiro atoms. The van der Waals surface area contributed by atoms with Crippen LogP contribution in [-0.4, -0.2) is 59.0 Å². The summed E-state index contributed by atoms with van der Waals surface area (Å²) in [5, 5.41) is 7.69. The second kappa shape index (κ2) is 6.96. The average molecular weight is 367 g/mol. The van der Waals surface area contributed by atoms with Crippen molar-refractivity contribution in [2.45, 2.75) is 19.9 Å². The number of morpholine rings is 1. The predicted octanol–water partition coefficient (Wildman–Crippen LogP) is 2.34. The summed E-state index contributed by atoms with van der Waals surface area (Å²) in [5.74, 6) is 0.321. The molecule has 3 aromatic heterocycles. The zero-order chi connectivity index (χ0) is 19.0. The van der Waals surface area contributed by atoms with E-state index in [2.05, 4.69) is 27.0 Å². The molecular weight excluding hydrogens is 346 g/mol. The Labute approximate surface area is 156 Å². The van der Waals surface area contributed by atoms with Crippen molar-refractivity contribution < 1.29 is 14.3 Å². The van der Waals surface area contributed by atoms with Crippen LogP contribution in [-0.2, 0) is 9.47 Å². The van der Waals surface area contributed by atoms with Gasteiger partial charge in [-0.1, -0.05) is 0 Å². The minimum atomic E-state index is -0.394. The molecule has 8 nitrogen and oxygen atoms in total. The predicted molar refractivity (Wildman–Crippen MR) is 101 cm³/mol. The minimum Gasteiger partial charge on any atom is -0.465 e. The van der Waals surface area contributed by atoms with Gasteiger partial charge in [0.25, 0.3) is 0 Å². The lowest BCUT2D eigenvalue weighted by Gasteiger charge is -2.34. The molecule has 0 aromatic carbocycles. The van der Waals surface area contributed by atoms with Gasteiger partial charge in [-0.15, -0.1) is 0 Å². The summed E-state index contributed by atoms with van der Waals surface area (Å²) in [4.78, 5) is 24.2. The first-order chi connectivity index (χ1) is 13.1. The number of esters is 1. The van der Waals surface area contributed by atoms with Crippen LogP contribution in [0, 0.1) is 6.92 Å². The Kier molecular flexibility index (Phi) is 4.49. The quantitative estimate of drug-likeness (QED) is 0.710. The van der Waals surface area contributed by atoms with Crippen molar-refractivity contribution in [2.24, 2.45) is 0 Å². The van der Waals surface area contributed by atoms with Crippen LogP contribution in [0.15, 0.2) is 24.5 Å². The molecular formula is C19H21N5O3. The Morgan fingerprint density at radius 1 is 1.44 bits per heavy atom. The van der Waals surface area contributed by atoms with Crippen LogP contribution in [0.4, 0.5) is 5.82 Å². The summed E-state index contributed by atoms with van der Waals surface area (Å²) in [5.41, 5.74) is 3.40. The van der Waals surface area contributed by atoms with Crippen LogP contribution in [0.3, 0.4) is 0 Å². The van der Waals surface area contributed by atoms with Crippen molar-refractivity contribution in [3.63, 3.8) is 0 Å². The fourth-order valence-electron chi connectivity index (χ4n) is 3.46. The molecule has 8 heteroatoms. The molecule has 1 unspecified atom stereocenters. The van der Waals surface area contributed by atoms with E-state index in [4.69, 9.17) is 14.5 Å². The summed E-state index contributed by atoms with van der Waals surface area (Å²) in [7, 11) is 1.39. The van der Waals surface area contributed by atoms with Gasteiger partial charge in [0.05, 0.1) is 37.6 Å². The maximum atomic E-state index is 12.6. The number of methoxy groups -OCH3 is 1. The molecule has 1 atom stereocenters. The second-order valence-electron chi connectivity index (χ2n) is 6.62. The molecule has 4 heterocycles. The Bertz CT molecular complexity index is 987. The van der Waals surface area contributed by atoms with Crippen molar-refractivity contribution in [1.29, 1.82) is 0 Å². The third kappa shape index (κ3) is 3.02. The molecule has 27 heavy (non-hydrogen) atoms. The highest BCUT2D eigenvalue weighted by atomic mass is 16.5. The van der Waals surface area contributed by atoms with Gasteiger partial charge in [0.15, 0.2) is 0 Å². The summed E-state index contributed by atoms with van der Waals surface area (Å²) in [6.07, 6.45) is 3.40. The summed E-state index contributed by atoms with van der Waals surface area (Å²) in [6.45, 7) is 5.94. The zero-order valence-electron chi connectivity index (χ0n) is 15.5. The molecule has 1 aliphatic heterocycles. The average Bonchev–Trinajstić information content (AvgIpc) is 3.21. The molecule has 0 radical (unpaired) electrons. The van der Waals surface area contributed by atoms with Crippen LogP contribution in [0.2, 0.25) is 0 Å². The maximum absolute atomic E-state index is 12.6. The highest BCUT2D eigenvalue weighted by Crippen LogP contribution is 2.32. The number of fused-ring (bicyclic) bond motifs is 1. The minimum absolute atomic E-state index is 0.155. The van der Waals surface area contributed by atoms with Crippen LogP contribution < -0.4 is 4.90 Å². The van der Waals surface area contributed by atoms with Crippen LogP contribution in [0.5, 0.6) is 0 Å². The van der Waals surface area contributed by atoms with E-state index in [0.717, 1.165) is 16.6 Å². The van der Waals surface area contributed by atoms with Crippen molar-refractivity contribution >= 4 is 22.7 Å². The molecule has 1 N–H and O–H groups in total. The van der Waals surface area contributed by atoms with Crippen molar-refractivity contribution in [2.75, 3.05) is 31.8 Å². The van der Waals surface area contributed by atoms with Crippen LogP contribution in [0.25, 0.3) is 22.3 Å². The SMILES string of the molecule is COC(=O)c1cc(N2CCOCC2C)nc2c(-c3ccn[nH]3)ncc(C)c12. The third-order valence-corrected chi connectivity index (χ3v) is 4.83. The Morgan fingerprint density at radius 3 is 3.00 bits per heavy atom. The first-order valence-electron chi connectivity index (χ1n) is 8.83. The van der Waals surface area contributed by atoms with E-state index >= 15 is 0 Å². The smallest absolute Gasteiger partial charge is 0.338 e. The van der Waals surface area contributed by atoms with E-state index in [0.29, 0.717) is 42.4 Å². The number of H-pyrrole nitrogens is 1. The van der Waals surface area contributed by atoms with Gasteiger partial charge in [0.1, 0.15) is 17.0 Å². The largest absolute Gasteiger partial charge is 0.465 e. The molecule has 1 saturated heterocycles. The number of anilines is 1. The lowest BCUT2D eigenvalue weighted by Crippen LogP contribution is -2.44. The standard InChI is InChI=1S/C19H21N5O3/c1-11-9-20-17(14-4-5-21-23-14)18-16(11)13(19(25)26-3)8-15(22-18)24-6-7-27-10-12(24)2/h4-5,8-9,12H,6-7,10H2,1-3H3,(H,21,23). The highest BCUT2D eigenvalue weighted by Gasteiger charge is 2.25. The number of aryl methyl sites for hydroxylation is 1. The first kappa shape index (κ1) is 17.4. The number of nitrogens with one attached hydrogen (secondary N) is 1. The van der Waals surface area contributed by atoms with Gasteiger partial charge < -0.3 is 14.4 Å². The molecule has 140 valence electrons. The number of aromatic amines is 1. The number of carbonyl (C=O) groups excluding carboxylic acids is 1. The summed E-state index contributed by atoms with van der Waals surface area (Å²) >= 11 is 0. The molecule has 0 bridgehead atoms. The van der Waals surface area contributed by atoms with Crippen molar-refractivity contribution in [3.05, 3.63) is 35.7 Å². The molecule has 0 amide bonds. The lowest BCUT2D eigenvalue weighted by atomic mass is 10.0. The van der Waals surface area contributed by atoms with E-state index in [1.807, 2.05) is 13.0 Å². The number of aromatic nitrogens is 4. The van der Waals surface area contributed by atoms with Crippen molar-refractivity contribution in [3.8, 4) is 11.4 Å². The normalized spacial score (nSPS) is 17.3. The number of nitrogens with zero attached hydrogens (tertiary/aromatic N) is 4. The fourth-order valence-corrected chi connectivity index (χ4v) is 3.46. The lowest BCUT2D eigenvalue weighted by molar-refractivity contribution is 0.0603. The van der Waals surface area contributed by atoms with Gasteiger partial charge in [0, 0.05) is 24.3 Å². The Hall–Kier alpha value is -3.00. The van der Waals surface area contributed by atoms with E-state index in [1.54, 1.807) is 18.5 Å². The first-order valence-corrected chi connectivity index (χ1v) is 8.83. The maximum Gasteiger partial charge on any atom is 0.338 e. The fraction of sp³-hybridized carbons (Fsp3) is 0.368. The van der Waals surface area contributed by atoms with Gasteiger partial charge in [-0.05, 0) is 31.5 Å². The van der Waals surface area contributed by atoms with E-state index in [-0.39, 0.29) is 6.04 Å².